The van der Waals surface area contributed by atoms with Crippen molar-refractivity contribution >= 4 is 26.8 Å². The highest BCUT2D eigenvalue weighted by atomic mass is 32.2. The molecule has 0 aliphatic carbocycles. The molecular formula is C30H43F5N4O3S. The molecule has 4 rings (SSSR count). The van der Waals surface area contributed by atoms with E-state index in [1.54, 1.807) is 19.2 Å². The number of hydrogen-bond donors (Lipinski definition) is 3. The molecule has 1 amide bonds. The lowest BCUT2D eigenvalue weighted by molar-refractivity contribution is -0.125. The monoisotopic (exact) mass is 634 g/mol. The molecule has 1 aromatic heterocycles. The van der Waals surface area contributed by atoms with Crippen LogP contribution < -0.4 is 11.1 Å². The first-order valence-electron chi connectivity index (χ1n) is 14.3. The average molecular weight is 635 g/mol. The Morgan fingerprint density at radius 1 is 1.07 bits per heavy atom. The van der Waals surface area contributed by atoms with Crippen LogP contribution in [0.4, 0.5) is 22.0 Å². The summed E-state index contributed by atoms with van der Waals surface area (Å²) in [5, 5.41) is 2.96. The van der Waals surface area contributed by atoms with Crippen LogP contribution in [0.5, 0.6) is 0 Å². The molecule has 242 valence electrons. The first kappa shape index (κ1) is 38.0. The highest BCUT2D eigenvalue weighted by Crippen LogP contribution is 2.38. The number of halogens is 5. The molecule has 0 atom stereocenters. The number of hydrogen-bond acceptors (Lipinski definition) is 4. The Bertz CT molecular complexity index is 1420. The van der Waals surface area contributed by atoms with E-state index in [9.17, 15) is 35.2 Å². The van der Waals surface area contributed by atoms with E-state index in [2.05, 4.69) is 10.3 Å². The minimum atomic E-state index is -4.37. The van der Waals surface area contributed by atoms with Crippen molar-refractivity contribution in [3.63, 3.8) is 0 Å². The molecule has 3 aromatic rings. The van der Waals surface area contributed by atoms with Gasteiger partial charge in [0.1, 0.15) is 5.82 Å². The lowest BCUT2D eigenvalue weighted by Crippen LogP contribution is -2.38. The van der Waals surface area contributed by atoms with Crippen molar-refractivity contribution in [3.8, 4) is 11.1 Å². The molecule has 0 radical (unpaired) electrons. The molecule has 1 aliphatic rings. The van der Waals surface area contributed by atoms with E-state index >= 15 is 0 Å². The third-order valence-electron chi connectivity index (χ3n) is 6.74. The number of aromatic nitrogens is 1. The van der Waals surface area contributed by atoms with E-state index in [1.807, 2.05) is 27.7 Å². The fourth-order valence-electron chi connectivity index (χ4n) is 4.82. The first-order chi connectivity index (χ1) is 20.4. The summed E-state index contributed by atoms with van der Waals surface area (Å²) in [4.78, 5) is 15.4. The van der Waals surface area contributed by atoms with Crippen LogP contribution in [0.2, 0.25) is 0 Å². The lowest BCUT2D eigenvalue weighted by Gasteiger charge is -2.31. The quantitative estimate of drug-likeness (QED) is 0.235. The molecule has 2 heterocycles. The van der Waals surface area contributed by atoms with Gasteiger partial charge in [-0.1, -0.05) is 33.8 Å². The van der Waals surface area contributed by atoms with Crippen LogP contribution >= 0.6 is 0 Å². The SMILES string of the molecule is CC.CC.CCS(=O)(=O)N1CCC(c2c[nH]c3c(C(N)=O)cc(-c4cc(CNCC(F)(F)F)ccc4F)cc23)CC1.CF. The number of H-pyrrole nitrogens is 1. The molecule has 4 N–H and O–H groups in total. The molecule has 1 saturated heterocycles. The molecular weight excluding hydrogens is 591 g/mol. The summed E-state index contributed by atoms with van der Waals surface area (Å²) in [5.74, 6) is -1.26. The number of nitrogens with zero attached hydrogens (tertiary/aromatic N) is 1. The highest BCUT2D eigenvalue weighted by molar-refractivity contribution is 7.89. The second-order valence-electron chi connectivity index (χ2n) is 9.16. The molecule has 0 unspecified atom stereocenters. The van der Waals surface area contributed by atoms with E-state index in [0.29, 0.717) is 55.1 Å². The lowest BCUT2D eigenvalue weighted by atomic mass is 9.88. The van der Waals surface area contributed by atoms with Crippen LogP contribution in [0.15, 0.2) is 36.5 Å². The molecule has 13 heteroatoms. The summed E-state index contributed by atoms with van der Waals surface area (Å²) in [5.41, 5.74) is 8.09. The van der Waals surface area contributed by atoms with Crippen molar-refractivity contribution in [2.24, 2.45) is 5.73 Å². The number of nitrogens with one attached hydrogen (secondary N) is 2. The normalized spacial score (nSPS) is 14.1. The Kier molecular flexibility index (Phi) is 15.3. The predicted molar refractivity (Wildman–Crippen MR) is 163 cm³/mol. The summed E-state index contributed by atoms with van der Waals surface area (Å²) in [7, 11) is -2.79. The van der Waals surface area contributed by atoms with Gasteiger partial charge in [0.25, 0.3) is 5.91 Å². The molecule has 0 bridgehead atoms. The second-order valence-corrected chi connectivity index (χ2v) is 11.4. The van der Waals surface area contributed by atoms with Gasteiger partial charge in [0, 0.05) is 36.8 Å². The van der Waals surface area contributed by atoms with Crippen molar-refractivity contribution in [2.75, 3.05) is 32.6 Å². The number of sulfonamides is 1. The second kappa shape index (κ2) is 17.3. The van der Waals surface area contributed by atoms with Crippen molar-refractivity contribution in [2.45, 2.75) is 66.1 Å². The zero-order chi connectivity index (χ0) is 33.0. The number of nitrogens with two attached hydrogens (primary N) is 1. The number of rotatable bonds is 8. The van der Waals surface area contributed by atoms with Crippen LogP contribution in [0.1, 0.15) is 74.9 Å². The van der Waals surface area contributed by atoms with Gasteiger partial charge in [0.15, 0.2) is 0 Å². The van der Waals surface area contributed by atoms with Crippen molar-refractivity contribution < 1.29 is 35.2 Å². The molecule has 2 aromatic carbocycles. The number of primary amides is 1. The molecule has 1 aliphatic heterocycles. The fourth-order valence-corrected chi connectivity index (χ4v) is 5.95. The van der Waals surface area contributed by atoms with Gasteiger partial charge in [-0.15, -0.1) is 0 Å². The Hall–Kier alpha value is -3.03. The van der Waals surface area contributed by atoms with Crippen LogP contribution in [0, 0.1) is 5.82 Å². The van der Waals surface area contributed by atoms with Gasteiger partial charge in [-0.05, 0) is 66.6 Å². The molecule has 0 saturated carbocycles. The summed E-state index contributed by atoms with van der Waals surface area (Å²) >= 11 is 0. The van der Waals surface area contributed by atoms with Crippen LogP contribution in [0.25, 0.3) is 22.0 Å². The minimum absolute atomic E-state index is 0.00998. The van der Waals surface area contributed by atoms with Gasteiger partial charge in [-0.2, -0.15) is 13.2 Å². The van der Waals surface area contributed by atoms with Crippen LogP contribution in [-0.2, 0) is 16.6 Å². The maximum absolute atomic E-state index is 14.9. The third kappa shape index (κ3) is 10.0. The molecule has 7 nitrogen and oxygen atoms in total. The molecule has 43 heavy (non-hydrogen) atoms. The van der Waals surface area contributed by atoms with Crippen molar-refractivity contribution in [1.29, 1.82) is 0 Å². The van der Waals surface area contributed by atoms with Gasteiger partial charge in [-0.25, -0.2) is 17.1 Å². The van der Waals surface area contributed by atoms with Crippen molar-refractivity contribution in [3.05, 3.63) is 59.0 Å². The largest absolute Gasteiger partial charge is 0.401 e. The number of alkyl halides is 4. The maximum atomic E-state index is 14.9. The molecule has 0 spiro atoms. The summed E-state index contributed by atoms with van der Waals surface area (Å²) in [6.07, 6.45) is -1.44. The zero-order valence-electron chi connectivity index (χ0n) is 25.5. The van der Waals surface area contributed by atoms with Gasteiger partial charge in [0.05, 0.1) is 30.6 Å². The average Bonchev–Trinajstić information content (AvgIpc) is 3.44. The van der Waals surface area contributed by atoms with E-state index in [0.717, 1.165) is 5.56 Å². The Morgan fingerprint density at radius 2 is 1.67 bits per heavy atom. The number of carbonyl (C=O) groups excluding carboxylic acids is 1. The van der Waals surface area contributed by atoms with Crippen molar-refractivity contribution in [1.82, 2.24) is 14.6 Å². The summed E-state index contributed by atoms with van der Waals surface area (Å²) in [6, 6.07) is 7.22. The number of benzene rings is 2. The smallest absolute Gasteiger partial charge is 0.366 e. The zero-order valence-corrected chi connectivity index (χ0v) is 26.4. The first-order valence-corrected chi connectivity index (χ1v) is 15.9. The number of piperidine rings is 1. The Balaban J connectivity index is 0.00000145. The number of carbonyl (C=O) groups is 1. The minimum Gasteiger partial charge on any atom is -0.366 e. The van der Waals surface area contributed by atoms with Gasteiger partial charge >= 0.3 is 6.18 Å². The van der Waals surface area contributed by atoms with Crippen LogP contribution in [0.3, 0.4) is 0 Å². The van der Waals surface area contributed by atoms with E-state index in [-0.39, 0.29) is 29.3 Å². The predicted octanol–water partition coefficient (Wildman–Crippen LogP) is 6.89. The fraction of sp³-hybridized carbons (Fsp3) is 0.500. The number of aromatic amines is 1. The number of amides is 1. The van der Waals surface area contributed by atoms with Gasteiger partial charge in [-0.3, -0.25) is 9.18 Å². The topological polar surface area (TPSA) is 108 Å². The molecule has 1 fully saturated rings. The maximum Gasteiger partial charge on any atom is 0.401 e. The van der Waals surface area contributed by atoms with E-state index in [1.165, 1.54) is 28.6 Å². The van der Waals surface area contributed by atoms with E-state index < -0.39 is 34.5 Å². The third-order valence-corrected chi connectivity index (χ3v) is 8.62. The van der Waals surface area contributed by atoms with Gasteiger partial charge < -0.3 is 16.0 Å². The standard InChI is InChI=1S/C25H28F4N4O3S.2C2H6.CH3F/c1-2-37(35,36)33-7-5-16(6-8-33)21-13-32-23-19(21)10-17(11-20(23)24(30)34)18-9-15(3-4-22(18)26)12-31-14-25(27,28)29;3*1-2/h3-4,9-11,13,16,31-32H,2,5-8,12,14H2,1H3,(H2,30,34);2*1-2H3;1H3. The Morgan fingerprint density at radius 3 is 2.21 bits per heavy atom. The van der Waals surface area contributed by atoms with E-state index in [4.69, 9.17) is 5.73 Å². The highest BCUT2D eigenvalue weighted by Gasteiger charge is 2.29. The Labute approximate surface area is 251 Å². The van der Waals surface area contributed by atoms with Crippen LogP contribution in [-0.4, -0.2) is 62.4 Å². The number of fused-ring (bicyclic) bond motifs is 1. The summed E-state index contributed by atoms with van der Waals surface area (Å²) in [6.45, 7) is 9.05. The van der Waals surface area contributed by atoms with Gasteiger partial charge in [0.2, 0.25) is 10.0 Å². The summed E-state index contributed by atoms with van der Waals surface area (Å²) < 4.78 is 87.8.